The molecular formula is C18H33NO2. The average Bonchev–Trinajstić information content (AvgIpc) is 2.45. The highest BCUT2D eigenvalue weighted by Crippen LogP contribution is 2.15. The minimum Gasteiger partial charge on any atom is -0.353 e. The second-order valence-electron chi connectivity index (χ2n) is 6.48. The molecule has 1 atom stereocenters. The molecule has 1 N–H and O–H groups in total. The molecule has 0 heterocycles. The highest BCUT2D eigenvalue weighted by Gasteiger charge is 2.20. The molecular weight excluding hydrogens is 262 g/mol. The Bertz CT molecular complexity index is 302. The molecule has 1 aliphatic rings. The van der Waals surface area contributed by atoms with Gasteiger partial charge in [0.1, 0.15) is 5.78 Å². The van der Waals surface area contributed by atoms with E-state index in [2.05, 4.69) is 12.2 Å². The van der Waals surface area contributed by atoms with Crippen LogP contribution in [0.2, 0.25) is 0 Å². The van der Waals surface area contributed by atoms with E-state index in [1.165, 1.54) is 44.9 Å². The van der Waals surface area contributed by atoms with Gasteiger partial charge in [-0.2, -0.15) is 0 Å². The number of hydrogen-bond acceptors (Lipinski definition) is 2. The summed E-state index contributed by atoms with van der Waals surface area (Å²) in [5.41, 5.74) is 0. The summed E-state index contributed by atoms with van der Waals surface area (Å²) in [6.07, 6.45) is 15.2. The zero-order valence-electron chi connectivity index (χ0n) is 13.8. The molecule has 21 heavy (non-hydrogen) atoms. The molecule has 1 fully saturated rings. The molecule has 1 rings (SSSR count). The zero-order chi connectivity index (χ0) is 15.3. The summed E-state index contributed by atoms with van der Waals surface area (Å²) in [6.45, 7) is 2.24. The van der Waals surface area contributed by atoms with Crippen molar-refractivity contribution in [3.8, 4) is 0 Å². The van der Waals surface area contributed by atoms with Crippen molar-refractivity contribution in [1.29, 1.82) is 0 Å². The Morgan fingerprint density at radius 2 is 1.67 bits per heavy atom. The van der Waals surface area contributed by atoms with Crippen molar-refractivity contribution >= 4 is 11.7 Å². The van der Waals surface area contributed by atoms with Crippen molar-refractivity contribution in [3.63, 3.8) is 0 Å². The van der Waals surface area contributed by atoms with Gasteiger partial charge in [0.25, 0.3) is 0 Å². The fourth-order valence-electron chi connectivity index (χ4n) is 3.04. The van der Waals surface area contributed by atoms with Crippen molar-refractivity contribution in [3.05, 3.63) is 0 Å². The van der Waals surface area contributed by atoms with Crippen LogP contribution in [0, 0.1) is 0 Å². The van der Waals surface area contributed by atoms with Gasteiger partial charge in [-0.05, 0) is 19.3 Å². The van der Waals surface area contributed by atoms with Crippen LogP contribution >= 0.6 is 0 Å². The van der Waals surface area contributed by atoms with Gasteiger partial charge in [-0.1, -0.05) is 58.3 Å². The van der Waals surface area contributed by atoms with Crippen molar-refractivity contribution in [2.45, 2.75) is 103 Å². The molecule has 0 radical (unpaired) electrons. The first-order valence-corrected chi connectivity index (χ1v) is 9.03. The van der Waals surface area contributed by atoms with Crippen LogP contribution in [0.5, 0.6) is 0 Å². The molecule has 0 aromatic carbocycles. The van der Waals surface area contributed by atoms with E-state index < -0.39 is 0 Å². The van der Waals surface area contributed by atoms with E-state index in [-0.39, 0.29) is 11.9 Å². The summed E-state index contributed by atoms with van der Waals surface area (Å²) in [6, 6.07) is 0.109. The Morgan fingerprint density at radius 3 is 2.29 bits per heavy atom. The van der Waals surface area contributed by atoms with Crippen LogP contribution in [0.4, 0.5) is 0 Å². The number of carbonyl (C=O) groups is 2. The predicted octanol–water partition coefficient (Wildman–Crippen LogP) is 4.54. The predicted molar refractivity (Wildman–Crippen MR) is 87.2 cm³/mol. The van der Waals surface area contributed by atoms with Crippen LogP contribution in [0.25, 0.3) is 0 Å². The molecule has 3 nitrogen and oxygen atoms in total. The van der Waals surface area contributed by atoms with Crippen molar-refractivity contribution in [2.75, 3.05) is 0 Å². The van der Waals surface area contributed by atoms with Crippen LogP contribution in [0.15, 0.2) is 0 Å². The normalized spacial score (nSPS) is 18.7. The van der Waals surface area contributed by atoms with E-state index in [0.717, 1.165) is 25.7 Å². The smallest absolute Gasteiger partial charge is 0.220 e. The molecule has 0 bridgehead atoms. The lowest BCUT2D eigenvalue weighted by Gasteiger charge is -2.21. The first kappa shape index (κ1) is 18.2. The lowest BCUT2D eigenvalue weighted by Crippen LogP contribution is -2.38. The van der Waals surface area contributed by atoms with Crippen molar-refractivity contribution in [1.82, 2.24) is 5.32 Å². The quantitative estimate of drug-likeness (QED) is 0.569. The summed E-state index contributed by atoms with van der Waals surface area (Å²) in [5.74, 6) is 0.437. The maximum atomic E-state index is 11.8. The third kappa shape index (κ3) is 9.65. The van der Waals surface area contributed by atoms with Gasteiger partial charge in [-0.15, -0.1) is 0 Å². The summed E-state index contributed by atoms with van der Waals surface area (Å²) in [4.78, 5) is 23.1. The van der Waals surface area contributed by atoms with Gasteiger partial charge in [0.05, 0.1) is 0 Å². The highest BCUT2D eigenvalue weighted by atomic mass is 16.1. The Morgan fingerprint density at radius 1 is 1.05 bits per heavy atom. The largest absolute Gasteiger partial charge is 0.353 e. The van der Waals surface area contributed by atoms with Crippen LogP contribution < -0.4 is 5.32 Å². The SMILES string of the molecule is CCCCCCCCCCCC(=O)NC1CCCC(=O)C1. The van der Waals surface area contributed by atoms with Gasteiger partial charge in [-0.25, -0.2) is 0 Å². The van der Waals surface area contributed by atoms with Crippen molar-refractivity contribution < 1.29 is 9.59 Å². The second kappa shape index (κ2) is 11.8. The molecule has 0 spiro atoms. The molecule has 1 aliphatic carbocycles. The summed E-state index contributed by atoms with van der Waals surface area (Å²) >= 11 is 0. The molecule has 122 valence electrons. The van der Waals surface area contributed by atoms with E-state index in [1.54, 1.807) is 0 Å². The fourth-order valence-corrected chi connectivity index (χ4v) is 3.04. The van der Waals surface area contributed by atoms with Crippen molar-refractivity contribution in [2.24, 2.45) is 0 Å². The van der Waals surface area contributed by atoms with E-state index in [9.17, 15) is 9.59 Å². The van der Waals surface area contributed by atoms with Crippen LogP contribution in [-0.2, 0) is 9.59 Å². The van der Waals surface area contributed by atoms with E-state index in [1.807, 2.05) is 0 Å². The van der Waals surface area contributed by atoms with Crippen LogP contribution in [0.1, 0.15) is 96.8 Å². The number of amides is 1. The van der Waals surface area contributed by atoms with Gasteiger partial charge in [0, 0.05) is 25.3 Å². The molecule has 1 unspecified atom stereocenters. The Balaban J connectivity index is 1.90. The Kier molecular flexibility index (Phi) is 10.2. The van der Waals surface area contributed by atoms with E-state index >= 15 is 0 Å². The molecule has 0 aliphatic heterocycles. The first-order chi connectivity index (χ1) is 10.2. The third-order valence-electron chi connectivity index (χ3n) is 4.35. The number of Topliss-reactive ketones (excluding diaryl/α,β-unsaturated/α-hetero) is 1. The fraction of sp³-hybridized carbons (Fsp3) is 0.889. The number of ketones is 1. The summed E-state index contributed by atoms with van der Waals surface area (Å²) < 4.78 is 0. The van der Waals surface area contributed by atoms with E-state index in [4.69, 9.17) is 0 Å². The number of nitrogens with one attached hydrogen (secondary N) is 1. The maximum Gasteiger partial charge on any atom is 0.220 e. The molecule has 0 aromatic heterocycles. The first-order valence-electron chi connectivity index (χ1n) is 9.03. The number of unbranched alkanes of at least 4 members (excludes halogenated alkanes) is 8. The molecule has 1 saturated carbocycles. The molecule has 3 heteroatoms. The topological polar surface area (TPSA) is 46.2 Å². The van der Waals surface area contributed by atoms with Crippen LogP contribution in [-0.4, -0.2) is 17.7 Å². The van der Waals surface area contributed by atoms with Gasteiger partial charge >= 0.3 is 0 Å². The van der Waals surface area contributed by atoms with Gasteiger partial charge in [0.15, 0.2) is 0 Å². The number of rotatable bonds is 11. The monoisotopic (exact) mass is 295 g/mol. The zero-order valence-corrected chi connectivity index (χ0v) is 13.8. The molecule has 1 amide bonds. The van der Waals surface area contributed by atoms with Gasteiger partial charge in [0.2, 0.25) is 5.91 Å². The number of hydrogen-bond donors (Lipinski definition) is 1. The minimum absolute atomic E-state index is 0.109. The summed E-state index contributed by atoms with van der Waals surface area (Å²) in [7, 11) is 0. The Hall–Kier alpha value is -0.860. The molecule has 0 aromatic rings. The average molecular weight is 295 g/mol. The molecule has 0 saturated heterocycles. The van der Waals surface area contributed by atoms with Gasteiger partial charge < -0.3 is 5.32 Å². The Labute approximate surface area is 130 Å². The van der Waals surface area contributed by atoms with Gasteiger partial charge in [-0.3, -0.25) is 9.59 Å². The summed E-state index contributed by atoms with van der Waals surface area (Å²) in [5, 5.41) is 3.01. The minimum atomic E-state index is 0.109. The lowest BCUT2D eigenvalue weighted by molar-refractivity contribution is -0.124. The van der Waals surface area contributed by atoms with E-state index in [0.29, 0.717) is 25.0 Å². The standard InChI is InChI=1S/C18H33NO2/c1-2-3-4-5-6-7-8-9-10-14-18(21)19-16-12-11-13-17(20)15-16/h16H,2-15H2,1H3,(H,19,21). The van der Waals surface area contributed by atoms with Crippen LogP contribution in [0.3, 0.4) is 0 Å². The lowest BCUT2D eigenvalue weighted by atomic mass is 9.94. The maximum absolute atomic E-state index is 11.8. The second-order valence-corrected chi connectivity index (χ2v) is 6.48. The third-order valence-corrected chi connectivity index (χ3v) is 4.35. The number of carbonyl (C=O) groups excluding carboxylic acids is 2. The highest BCUT2D eigenvalue weighted by molar-refractivity contribution is 5.81.